The summed E-state index contributed by atoms with van der Waals surface area (Å²) in [5.41, 5.74) is 2.26. The smallest absolute Gasteiger partial charge is 0.303 e. The predicted molar refractivity (Wildman–Crippen MR) is 117 cm³/mol. The summed E-state index contributed by atoms with van der Waals surface area (Å²) in [5.74, 6) is -0.757. The van der Waals surface area contributed by atoms with Crippen molar-refractivity contribution in [3.05, 3.63) is 53.1 Å². The lowest BCUT2D eigenvalue weighted by molar-refractivity contribution is -0.137. The number of aromatic nitrogens is 1. The van der Waals surface area contributed by atoms with Crippen molar-refractivity contribution in [1.82, 2.24) is 9.88 Å². The third kappa shape index (κ3) is 5.65. The Bertz CT molecular complexity index is 957. The molecular formula is C21H20N2O4S2. The zero-order chi connectivity index (χ0) is 20.8. The summed E-state index contributed by atoms with van der Waals surface area (Å²) in [6.07, 6.45) is 3.91. The minimum absolute atomic E-state index is 0.140. The van der Waals surface area contributed by atoms with Crippen molar-refractivity contribution >= 4 is 46.3 Å². The molecule has 29 heavy (non-hydrogen) atoms. The van der Waals surface area contributed by atoms with E-state index in [4.69, 9.17) is 17.3 Å². The summed E-state index contributed by atoms with van der Waals surface area (Å²) in [7, 11) is 0. The molecule has 1 aromatic carbocycles. The Morgan fingerprint density at radius 2 is 1.90 bits per heavy atom. The van der Waals surface area contributed by atoms with Crippen molar-refractivity contribution in [3.63, 3.8) is 0 Å². The van der Waals surface area contributed by atoms with E-state index in [-0.39, 0.29) is 18.1 Å². The molecule has 0 radical (unpaired) electrons. The highest BCUT2D eigenvalue weighted by Gasteiger charge is 2.31. The fourth-order valence-corrected chi connectivity index (χ4v) is 4.17. The highest BCUT2D eigenvalue weighted by Crippen LogP contribution is 2.33. The molecule has 2 N–H and O–H groups in total. The number of phenolic OH excluding ortho intramolecular Hbond substituents is 1. The van der Waals surface area contributed by atoms with Crippen LogP contribution in [0.15, 0.2) is 47.4 Å². The van der Waals surface area contributed by atoms with Gasteiger partial charge in [-0.25, -0.2) is 4.98 Å². The molecule has 1 aliphatic rings. The number of carbonyl (C=O) groups excluding carboxylic acids is 1. The van der Waals surface area contributed by atoms with Crippen molar-refractivity contribution in [3.8, 4) is 17.0 Å². The van der Waals surface area contributed by atoms with Gasteiger partial charge in [-0.3, -0.25) is 14.5 Å². The Morgan fingerprint density at radius 1 is 1.14 bits per heavy atom. The number of hydrogen-bond donors (Lipinski definition) is 2. The van der Waals surface area contributed by atoms with Crippen LogP contribution in [0, 0.1) is 0 Å². The van der Waals surface area contributed by atoms with Gasteiger partial charge in [0, 0.05) is 18.5 Å². The second-order valence-corrected chi connectivity index (χ2v) is 8.21. The van der Waals surface area contributed by atoms with Gasteiger partial charge in [0.1, 0.15) is 10.1 Å². The van der Waals surface area contributed by atoms with Crippen molar-refractivity contribution < 1.29 is 19.8 Å². The number of unbranched alkanes of at least 4 members (excludes halogenated alkanes) is 2. The van der Waals surface area contributed by atoms with Crippen molar-refractivity contribution in [2.24, 2.45) is 0 Å². The number of thioether (sulfide) groups is 1. The average molecular weight is 429 g/mol. The number of carboxylic acid groups (broad SMARTS) is 1. The first kappa shape index (κ1) is 21.0. The normalized spacial score (nSPS) is 15.3. The molecule has 0 spiro atoms. The molecule has 0 atom stereocenters. The SMILES string of the molecule is O=C(O)CCCCCN1C(=O)C(=Cc2cccc(-c3ccc(O)cc3)n2)SC1=S. The van der Waals surface area contributed by atoms with Gasteiger partial charge in [0.25, 0.3) is 5.91 Å². The number of carbonyl (C=O) groups is 2. The molecule has 1 saturated heterocycles. The molecule has 2 heterocycles. The first-order chi connectivity index (χ1) is 13.9. The molecule has 0 aliphatic carbocycles. The standard InChI is InChI=1S/C21H20N2O4S2/c24-16-10-8-14(9-11-16)17-6-4-5-15(22-17)13-18-20(27)23(21(28)29-18)12-3-1-2-7-19(25)26/h4-6,8-11,13,24H,1-3,7,12H2,(H,25,26). The zero-order valence-corrected chi connectivity index (χ0v) is 17.2. The van der Waals surface area contributed by atoms with Crippen molar-refractivity contribution in [2.75, 3.05) is 6.54 Å². The van der Waals surface area contributed by atoms with E-state index in [0.717, 1.165) is 17.7 Å². The molecule has 150 valence electrons. The van der Waals surface area contributed by atoms with Crippen LogP contribution in [-0.4, -0.2) is 42.8 Å². The summed E-state index contributed by atoms with van der Waals surface area (Å²) in [6, 6.07) is 12.3. The number of thiocarbonyl (C=S) groups is 1. The van der Waals surface area contributed by atoms with E-state index in [0.29, 0.717) is 34.3 Å². The van der Waals surface area contributed by atoms with Crippen LogP contribution in [0.2, 0.25) is 0 Å². The van der Waals surface area contributed by atoms with E-state index in [9.17, 15) is 14.7 Å². The van der Waals surface area contributed by atoms with Gasteiger partial charge >= 0.3 is 5.97 Å². The van der Waals surface area contributed by atoms with E-state index in [2.05, 4.69) is 4.98 Å². The van der Waals surface area contributed by atoms with Gasteiger partial charge in [-0.2, -0.15) is 0 Å². The van der Waals surface area contributed by atoms with E-state index in [1.807, 2.05) is 18.2 Å². The predicted octanol–water partition coefficient (Wildman–Crippen LogP) is 4.30. The summed E-state index contributed by atoms with van der Waals surface area (Å²) in [5, 5.41) is 18.1. The molecule has 8 heteroatoms. The number of rotatable bonds is 8. The van der Waals surface area contributed by atoms with Gasteiger partial charge in [-0.15, -0.1) is 0 Å². The molecule has 1 aliphatic heterocycles. The second-order valence-electron chi connectivity index (χ2n) is 6.53. The minimum Gasteiger partial charge on any atom is -0.508 e. The molecule has 6 nitrogen and oxygen atoms in total. The maximum atomic E-state index is 12.7. The molecule has 1 amide bonds. The lowest BCUT2D eigenvalue weighted by Gasteiger charge is -2.13. The molecule has 1 fully saturated rings. The highest BCUT2D eigenvalue weighted by molar-refractivity contribution is 8.26. The highest BCUT2D eigenvalue weighted by atomic mass is 32.2. The Hall–Kier alpha value is -2.71. The van der Waals surface area contributed by atoms with E-state index in [1.54, 1.807) is 35.2 Å². The Labute approximate surface area is 178 Å². The fourth-order valence-electron chi connectivity index (χ4n) is 2.87. The van der Waals surface area contributed by atoms with Crippen molar-refractivity contribution in [2.45, 2.75) is 25.7 Å². The molecule has 0 saturated carbocycles. The number of benzene rings is 1. The quantitative estimate of drug-likeness (QED) is 0.368. The maximum Gasteiger partial charge on any atom is 0.303 e. The number of aliphatic carboxylic acids is 1. The third-order valence-corrected chi connectivity index (χ3v) is 5.74. The van der Waals surface area contributed by atoms with Crippen LogP contribution in [0.3, 0.4) is 0 Å². The molecule has 3 rings (SSSR count). The van der Waals surface area contributed by atoms with Crippen LogP contribution < -0.4 is 0 Å². The van der Waals surface area contributed by atoms with Crippen molar-refractivity contribution in [1.29, 1.82) is 0 Å². The topological polar surface area (TPSA) is 90.7 Å². The molecule has 2 aromatic rings. The summed E-state index contributed by atoms with van der Waals surface area (Å²) < 4.78 is 0.508. The minimum atomic E-state index is -0.805. The second kappa shape index (κ2) is 9.67. The number of amides is 1. The van der Waals surface area contributed by atoms with Gasteiger partial charge in [0.05, 0.1) is 16.3 Å². The lowest BCUT2D eigenvalue weighted by Crippen LogP contribution is -2.29. The number of aromatic hydroxyl groups is 1. The first-order valence-corrected chi connectivity index (χ1v) is 10.4. The van der Waals surface area contributed by atoms with E-state index in [1.165, 1.54) is 11.8 Å². The van der Waals surface area contributed by atoms with Crippen LogP contribution >= 0.6 is 24.0 Å². The molecule has 0 bridgehead atoms. The summed E-state index contributed by atoms with van der Waals surface area (Å²) in [6.45, 7) is 0.489. The average Bonchev–Trinajstić information content (AvgIpc) is 2.95. The van der Waals surface area contributed by atoms with Gasteiger partial charge in [-0.1, -0.05) is 36.5 Å². The van der Waals surface area contributed by atoms with Crippen LogP contribution in [0.4, 0.5) is 0 Å². The molecular weight excluding hydrogens is 408 g/mol. The molecule has 0 unspecified atom stereocenters. The Balaban J connectivity index is 1.67. The molecule has 1 aromatic heterocycles. The summed E-state index contributed by atoms with van der Waals surface area (Å²) in [4.78, 5) is 29.9. The van der Waals surface area contributed by atoms with E-state index >= 15 is 0 Å². The summed E-state index contributed by atoms with van der Waals surface area (Å²) >= 11 is 6.58. The van der Waals surface area contributed by atoms with Gasteiger partial charge in [0.2, 0.25) is 0 Å². The van der Waals surface area contributed by atoms with Gasteiger partial charge < -0.3 is 10.2 Å². The van der Waals surface area contributed by atoms with Crippen LogP contribution in [0.25, 0.3) is 17.3 Å². The van der Waals surface area contributed by atoms with Crippen LogP contribution in [0.1, 0.15) is 31.4 Å². The fraction of sp³-hybridized carbons (Fsp3) is 0.238. The third-order valence-electron chi connectivity index (χ3n) is 4.36. The number of pyridine rings is 1. The number of phenols is 1. The number of hydrogen-bond acceptors (Lipinski definition) is 6. The van der Waals surface area contributed by atoms with E-state index < -0.39 is 5.97 Å². The zero-order valence-electron chi connectivity index (χ0n) is 15.6. The monoisotopic (exact) mass is 428 g/mol. The van der Waals surface area contributed by atoms with Gasteiger partial charge in [-0.05, 0) is 55.3 Å². The van der Waals surface area contributed by atoms with Crippen LogP contribution in [-0.2, 0) is 9.59 Å². The lowest BCUT2D eigenvalue weighted by atomic mass is 10.1. The number of nitrogens with zero attached hydrogens (tertiary/aromatic N) is 2. The Morgan fingerprint density at radius 3 is 2.62 bits per heavy atom. The Kier molecular flexibility index (Phi) is 7.00. The largest absolute Gasteiger partial charge is 0.508 e. The van der Waals surface area contributed by atoms with Gasteiger partial charge in [0.15, 0.2) is 0 Å². The maximum absolute atomic E-state index is 12.7. The first-order valence-electron chi connectivity index (χ1n) is 9.17. The number of carboxylic acids is 1. The van der Waals surface area contributed by atoms with Crippen LogP contribution in [0.5, 0.6) is 5.75 Å².